The van der Waals surface area contributed by atoms with Crippen LogP contribution in [-0.4, -0.2) is 47.4 Å². The third-order valence-corrected chi connectivity index (χ3v) is 11.9. The van der Waals surface area contributed by atoms with Crippen molar-refractivity contribution in [3.05, 3.63) is 36.5 Å². The van der Waals surface area contributed by atoms with Crippen LogP contribution in [0, 0.1) is 0 Å². The number of rotatable bonds is 48. The fourth-order valence-corrected chi connectivity index (χ4v) is 7.80. The molecule has 0 aromatic rings. The van der Waals surface area contributed by atoms with Gasteiger partial charge in [0.1, 0.15) is 0 Å². The van der Waals surface area contributed by atoms with Crippen molar-refractivity contribution in [2.24, 2.45) is 0 Å². The van der Waals surface area contributed by atoms with E-state index < -0.39 is 12.1 Å². The Balaban J connectivity index is 3.58. The summed E-state index contributed by atoms with van der Waals surface area (Å²) in [6, 6.07) is -0.654. The lowest BCUT2D eigenvalue weighted by atomic mass is 10.0. The van der Waals surface area contributed by atoms with Crippen molar-refractivity contribution in [1.82, 2.24) is 5.32 Å². The van der Waals surface area contributed by atoms with Gasteiger partial charge in [-0.2, -0.15) is 0 Å². The van der Waals surface area contributed by atoms with Crippen LogP contribution in [0.5, 0.6) is 0 Å². The van der Waals surface area contributed by atoms with E-state index in [1.165, 1.54) is 167 Å². The highest BCUT2D eigenvalue weighted by Gasteiger charge is 2.18. The quantitative estimate of drug-likeness (QED) is 0.0322. The molecule has 0 aliphatic rings. The normalized spacial score (nSPS) is 12.9. The molecule has 0 aliphatic carbocycles. The van der Waals surface area contributed by atoms with Gasteiger partial charge in [0.15, 0.2) is 0 Å². The number of nitrogens with one attached hydrogen (secondary N) is 1. The Labute approximate surface area is 373 Å². The molecule has 6 nitrogen and oxygen atoms in total. The lowest BCUT2D eigenvalue weighted by Gasteiger charge is -2.20. The molecule has 6 heteroatoms. The lowest BCUT2D eigenvalue weighted by molar-refractivity contribution is -0.143. The van der Waals surface area contributed by atoms with Crippen LogP contribution in [0.25, 0.3) is 0 Å². The van der Waals surface area contributed by atoms with Crippen LogP contribution in [-0.2, 0) is 14.3 Å². The maximum absolute atomic E-state index is 12.4. The fourth-order valence-electron chi connectivity index (χ4n) is 7.80. The molecule has 0 radical (unpaired) electrons. The van der Waals surface area contributed by atoms with E-state index in [2.05, 4.69) is 43.5 Å². The highest BCUT2D eigenvalue weighted by molar-refractivity contribution is 5.76. The summed E-state index contributed by atoms with van der Waals surface area (Å²) in [7, 11) is 0. The summed E-state index contributed by atoms with van der Waals surface area (Å²) < 4.78 is 5.41. The Morgan fingerprint density at radius 2 is 0.783 bits per heavy atom. The van der Waals surface area contributed by atoms with Gasteiger partial charge in [-0.05, 0) is 83.5 Å². The molecule has 0 saturated carbocycles. The molecule has 0 heterocycles. The minimum atomic E-state index is -0.867. The van der Waals surface area contributed by atoms with E-state index in [0.29, 0.717) is 19.4 Å². The van der Waals surface area contributed by atoms with Crippen LogP contribution in [0.2, 0.25) is 0 Å². The van der Waals surface area contributed by atoms with E-state index in [9.17, 15) is 19.8 Å². The van der Waals surface area contributed by atoms with Gasteiger partial charge in [-0.25, -0.2) is 0 Å². The van der Waals surface area contributed by atoms with E-state index in [1.807, 2.05) is 6.08 Å². The summed E-state index contributed by atoms with van der Waals surface area (Å²) in [6.07, 6.45) is 60.1. The molecule has 0 saturated heterocycles. The number of aliphatic hydroxyl groups excluding tert-OH is 2. The second-order valence-electron chi connectivity index (χ2n) is 17.8. The standard InChI is InChI=1S/C54H101NO5/c1-3-5-7-9-11-13-15-17-18-19-20-21-22-23-24-25-26-30-34-38-42-46-52(57)51(50-56)55-53(58)47-43-39-35-31-28-29-33-37-41-45-49-60-54(59)48-44-40-36-32-27-16-14-12-10-8-6-4-2/h12,14,29,33,42,46,51-52,56-57H,3-11,13,15-28,30-32,34-41,43-45,47-50H2,1-2H3,(H,55,58)/b14-12-,33-29-,46-42+. The van der Waals surface area contributed by atoms with Crippen LogP contribution < -0.4 is 5.32 Å². The molecule has 2 unspecified atom stereocenters. The van der Waals surface area contributed by atoms with Gasteiger partial charge in [-0.3, -0.25) is 9.59 Å². The number of hydrogen-bond donors (Lipinski definition) is 3. The second-order valence-corrected chi connectivity index (χ2v) is 17.8. The molecule has 0 aromatic heterocycles. The van der Waals surface area contributed by atoms with Gasteiger partial charge in [-0.1, -0.05) is 211 Å². The average Bonchev–Trinajstić information content (AvgIpc) is 3.25. The fraction of sp³-hybridized carbons (Fsp3) is 0.852. The van der Waals surface area contributed by atoms with Gasteiger partial charge in [0.05, 0.1) is 25.4 Å². The number of ether oxygens (including phenoxy) is 1. The van der Waals surface area contributed by atoms with Gasteiger partial charge >= 0.3 is 5.97 Å². The first-order valence-electron chi connectivity index (χ1n) is 26.3. The summed E-state index contributed by atoms with van der Waals surface area (Å²) in [5.41, 5.74) is 0. The molecule has 352 valence electrons. The molecule has 0 aliphatic heterocycles. The summed E-state index contributed by atoms with van der Waals surface area (Å²) in [5, 5.41) is 23.1. The molecule has 1 amide bonds. The van der Waals surface area contributed by atoms with Gasteiger partial charge in [0, 0.05) is 12.8 Å². The molecule has 0 rings (SSSR count). The van der Waals surface area contributed by atoms with Gasteiger partial charge in [0.25, 0.3) is 0 Å². The molecular formula is C54H101NO5. The Kier molecular flexibility index (Phi) is 48.1. The highest BCUT2D eigenvalue weighted by Crippen LogP contribution is 2.16. The molecule has 2 atom stereocenters. The number of hydrogen-bond acceptors (Lipinski definition) is 5. The first-order valence-corrected chi connectivity index (χ1v) is 26.3. The van der Waals surface area contributed by atoms with Crippen molar-refractivity contribution >= 4 is 11.9 Å². The Morgan fingerprint density at radius 1 is 0.450 bits per heavy atom. The zero-order valence-corrected chi connectivity index (χ0v) is 39.9. The Bertz CT molecular complexity index is 977. The summed E-state index contributed by atoms with van der Waals surface area (Å²) in [5.74, 6) is -0.152. The Hall–Kier alpha value is -1.92. The zero-order chi connectivity index (χ0) is 43.7. The van der Waals surface area contributed by atoms with E-state index >= 15 is 0 Å². The Morgan fingerprint density at radius 3 is 1.22 bits per heavy atom. The van der Waals surface area contributed by atoms with Crippen LogP contribution in [0.1, 0.15) is 271 Å². The second kappa shape index (κ2) is 49.7. The number of amides is 1. The van der Waals surface area contributed by atoms with Crippen LogP contribution in [0.3, 0.4) is 0 Å². The van der Waals surface area contributed by atoms with E-state index in [4.69, 9.17) is 4.74 Å². The smallest absolute Gasteiger partial charge is 0.305 e. The predicted molar refractivity (Wildman–Crippen MR) is 259 cm³/mol. The maximum atomic E-state index is 12.4. The summed E-state index contributed by atoms with van der Waals surface area (Å²) in [6.45, 7) is 4.79. The van der Waals surface area contributed by atoms with Gasteiger partial charge in [0.2, 0.25) is 5.91 Å². The van der Waals surface area contributed by atoms with Gasteiger partial charge < -0.3 is 20.3 Å². The summed E-state index contributed by atoms with van der Waals surface area (Å²) in [4.78, 5) is 24.4. The molecule has 0 spiro atoms. The maximum Gasteiger partial charge on any atom is 0.305 e. The van der Waals surface area contributed by atoms with Crippen molar-refractivity contribution in [1.29, 1.82) is 0 Å². The van der Waals surface area contributed by atoms with Crippen molar-refractivity contribution < 1.29 is 24.5 Å². The monoisotopic (exact) mass is 844 g/mol. The number of esters is 1. The zero-order valence-electron chi connectivity index (χ0n) is 39.9. The molecule has 3 N–H and O–H groups in total. The topological polar surface area (TPSA) is 95.9 Å². The minimum Gasteiger partial charge on any atom is -0.466 e. The lowest BCUT2D eigenvalue weighted by Crippen LogP contribution is -2.45. The van der Waals surface area contributed by atoms with Crippen molar-refractivity contribution in [3.63, 3.8) is 0 Å². The van der Waals surface area contributed by atoms with Crippen molar-refractivity contribution in [2.75, 3.05) is 13.2 Å². The molecule has 0 aromatic carbocycles. The highest BCUT2D eigenvalue weighted by atomic mass is 16.5. The molecule has 0 bridgehead atoms. The minimum absolute atomic E-state index is 0.0487. The number of allylic oxidation sites excluding steroid dienone is 5. The predicted octanol–water partition coefficient (Wildman–Crippen LogP) is 15.7. The number of carbonyl (C=O) groups excluding carboxylic acids is 2. The van der Waals surface area contributed by atoms with Gasteiger partial charge in [-0.15, -0.1) is 0 Å². The van der Waals surface area contributed by atoms with E-state index in [1.54, 1.807) is 6.08 Å². The number of aliphatic hydroxyl groups is 2. The number of unbranched alkanes of at least 4 members (excludes halogenated alkanes) is 33. The average molecular weight is 844 g/mol. The van der Waals surface area contributed by atoms with Crippen LogP contribution in [0.4, 0.5) is 0 Å². The van der Waals surface area contributed by atoms with Crippen molar-refractivity contribution in [2.45, 2.75) is 283 Å². The van der Waals surface area contributed by atoms with Crippen LogP contribution >= 0.6 is 0 Å². The first kappa shape index (κ1) is 58.1. The third kappa shape index (κ3) is 45.6. The van der Waals surface area contributed by atoms with Crippen molar-refractivity contribution in [3.8, 4) is 0 Å². The largest absolute Gasteiger partial charge is 0.466 e. The van der Waals surface area contributed by atoms with E-state index in [-0.39, 0.29) is 18.5 Å². The third-order valence-electron chi connectivity index (χ3n) is 11.9. The summed E-state index contributed by atoms with van der Waals surface area (Å²) >= 11 is 0. The molecule has 60 heavy (non-hydrogen) atoms. The first-order chi connectivity index (χ1) is 29.5. The van der Waals surface area contributed by atoms with E-state index in [0.717, 1.165) is 77.0 Å². The molecular weight excluding hydrogens is 743 g/mol. The SMILES string of the molecule is CCCCC/C=C\CCCCCCCC(=O)OCCCC/C=C\CCCCCCC(=O)NC(CO)C(O)/C=C/CCCCCCCCCCCCCCCCCCCCC. The number of carbonyl (C=O) groups is 2. The molecule has 0 fully saturated rings. The van der Waals surface area contributed by atoms with Crippen LogP contribution in [0.15, 0.2) is 36.5 Å².